The Morgan fingerprint density at radius 2 is 2.03 bits per heavy atom. The van der Waals surface area contributed by atoms with Crippen molar-refractivity contribution in [3.63, 3.8) is 0 Å². The second kappa shape index (κ2) is 7.28. The maximum Gasteiger partial charge on any atom is 0.252 e. The molecule has 2 N–H and O–H groups in total. The molecular weight excluding hydrogens is 482 g/mol. The van der Waals surface area contributed by atoms with Gasteiger partial charge in [0.15, 0.2) is 4.73 Å². The number of carbonyl (C=O) groups excluding carboxylic acids is 1. The molecule has 0 aromatic carbocycles. The summed E-state index contributed by atoms with van der Waals surface area (Å²) in [6, 6.07) is 10.0. The van der Waals surface area contributed by atoms with Gasteiger partial charge in [0.05, 0.1) is 29.0 Å². The Bertz CT molecular complexity index is 1560. The van der Waals surface area contributed by atoms with Crippen LogP contribution in [0.1, 0.15) is 46.6 Å². The first-order valence-corrected chi connectivity index (χ1v) is 11.7. The molecule has 2 unspecified atom stereocenters. The second-order valence-electron chi connectivity index (χ2n) is 8.80. The number of fused-ring (bicyclic) bond motifs is 2. The van der Waals surface area contributed by atoms with Gasteiger partial charge in [-0.25, -0.2) is 9.97 Å². The van der Waals surface area contributed by atoms with Gasteiger partial charge in [0.1, 0.15) is 17.0 Å². The Kier molecular flexibility index (Phi) is 4.45. The van der Waals surface area contributed by atoms with Gasteiger partial charge in [-0.05, 0) is 64.9 Å². The highest BCUT2D eigenvalue weighted by Crippen LogP contribution is 2.46. The first kappa shape index (κ1) is 20.2. The lowest BCUT2D eigenvalue weighted by Crippen LogP contribution is -2.14. The van der Waals surface area contributed by atoms with E-state index >= 15 is 0 Å². The van der Waals surface area contributed by atoms with Crippen molar-refractivity contribution in [3.8, 4) is 11.4 Å². The number of aromatic nitrogens is 6. The Balaban J connectivity index is 1.47. The largest absolute Gasteiger partial charge is 0.365 e. The summed E-state index contributed by atoms with van der Waals surface area (Å²) in [6.45, 7) is 4.47. The van der Waals surface area contributed by atoms with Gasteiger partial charge in [0.2, 0.25) is 0 Å². The number of halogens is 1. The minimum absolute atomic E-state index is 0.375. The Morgan fingerprint density at radius 1 is 1.21 bits per heavy atom. The topological polar surface area (TPSA) is 95.5 Å². The van der Waals surface area contributed by atoms with Crippen molar-refractivity contribution in [2.45, 2.75) is 32.7 Å². The number of hydrogen-bond acceptors (Lipinski definition) is 4. The van der Waals surface area contributed by atoms with E-state index in [9.17, 15) is 4.79 Å². The number of nitrogens with zero attached hydrogens (tertiary/aromatic N) is 6. The zero-order valence-corrected chi connectivity index (χ0v) is 19.8. The average molecular weight is 504 g/mol. The lowest BCUT2D eigenvalue weighted by molar-refractivity contribution is 0.100. The molecule has 9 heteroatoms. The zero-order chi connectivity index (χ0) is 22.9. The molecule has 1 aliphatic rings. The van der Waals surface area contributed by atoms with Crippen LogP contribution < -0.4 is 5.73 Å². The van der Waals surface area contributed by atoms with Crippen LogP contribution in [0.25, 0.3) is 22.6 Å². The molecule has 1 aliphatic carbocycles. The summed E-state index contributed by atoms with van der Waals surface area (Å²) in [6.07, 6.45) is 7.35. The molecule has 5 aromatic heterocycles. The molecule has 6 rings (SSSR count). The van der Waals surface area contributed by atoms with Crippen molar-refractivity contribution in [1.29, 1.82) is 0 Å². The number of primary amides is 1. The molecular formula is C24H22BrN7O. The summed E-state index contributed by atoms with van der Waals surface area (Å²) in [5.74, 6) is 0.864. The molecule has 0 spiro atoms. The number of amides is 1. The van der Waals surface area contributed by atoms with Crippen LogP contribution in [-0.2, 0) is 6.54 Å². The SMILES string of the molecule is Cc1nn(Cc2cn3cc(C4CC4C)ccc3n2)c(-c2nc(Br)n3ccccc23)c1C(N)=O. The van der Waals surface area contributed by atoms with E-state index < -0.39 is 5.91 Å². The summed E-state index contributed by atoms with van der Waals surface area (Å²) < 4.78 is 6.41. The third kappa shape index (κ3) is 3.26. The number of hydrogen-bond donors (Lipinski definition) is 1. The van der Waals surface area contributed by atoms with Gasteiger partial charge >= 0.3 is 0 Å². The molecule has 166 valence electrons. The highest BCUT2D eigenvalue weighted by molar-refractivity contribution is 9.10. The Hall–Kier alpha value is -3.46. The van der Waals surface area contributed by atoms with Crippen molar-refractivity contribution in [2.24, 2.45) is 11.7 Å². The molecule has 2 atom stereocenters. The van der Waals surface area contributed by atoms with Gasteiger partial charge in [-0.2, -0.15) is 5.10 Å². The number of nitrogens with two attached hydrogens (primary N) is 1. The Labute approximate surface area is 198 Å². The molecule has 0 bridgehead atoms. The van der Waals surface area contributed by atoms with Gasteiger partial charge in [0, 0.05) is 18.6 Å². The lowest BCUT2D eigenvalue weighted by atomic mass is 10.1. The highest BCUT2D eigenvalue weighted by atomic mass is 79.9. The quantitative estimate of drug-likeness (QED) is 0.389. The maximum atomic E-state index is 12.4. The first-order valence-electron chi connectivity index (χ1n) is 10.9. The van der Waals surface area contributed by atoms with Gasteiger partial charge in [-0.3, -0.25) is 13.9 Å². The van der Waals surface area contributed by atoms with E-state index in [2.05, 4.69) is 50.7 Å². The standard InChI is InChI=1S/C24H22BrN7O/c1-13-9-17(13)15-6-7-19-27-16(11-30(19)10-15)12-32-22(20(23(26)33)14(2)29-32)21-18-5-3-4-8-31(18)24(25)28-21/h3-8,10-11,13,17H,9,12H2,1-2H3,(H2,26,33). The minimum Gasteiger partial charge on any atom is -0.365 e. The van der Waals surface area contributed by atoms with Gasteiger partial charge in [0.25, 0.3) is 5.91 Å². The summed E-state index contributed by atoms with van der Waals surface area (Å²) >= 11 is 3.52. The maximum absolute atomic E-state index is 12.4. The van der Waals surface area contributed by atoms with Crippen molar-refractivity contribution >= 4 is 33.0 Å². The van der Waals surface area contributed by atoms with E-state index in [0.717, 1.165) is 22.8 Å². The van der Waals surface area contributed by atoms with Gasteiger partial charge in [-0.1, -0.05) is 19.1 Å². The normalized spacial score (nSPS) is 17.8. The van der Waals surface area contributed by atoms with Crippen molar-refractivity contribution in [2.75, 3.05) is 0 Å². The molecule has 1 saturated carbocycles. The molecule has 1 fully saturated rings. The van der Waals surface area contributed by atoms with Crippen LogP contribution in [0.2, 0.25) is 0 Å². The molecule has 8 nitrogen and oxygen atoms in total. The minimum atomic E-state index is -0.528. The number of imidazole rings is 2. The van der Waals surface area contributed by atoms with E-state index in [1.54, 1.807) is 11.6 Å². The zero-order valence-electron chi connectivity index (χ0n) is 18.2. The first-order chi connectivity index (χ1) is 15.9. The van der Waals surface area contributed by atoms with Gasteiger partial charge in [-0.15, -0.1) is 0 Å². The lowest BCUT2D eigenvalue weighted by Gasteiger charge is -2.06. The summed E-state index contributed by atoms with van der Waals surface area (Å²) in [5, 5.41) is 4.66. The molecule has 1 amide bonds. The molecule has 5 aromatic rings. The van der Waals surface area contributed by atoms with Crippen LogP contribution in [0.4, 0.5) is 0 Å². The van der Waals surface area contributed by atoms with E-state index in [-0.39, 0.29) is 0 Å². The third-order valence-electron chi connectivity index (χ3n) is 6.48. The summed E-state index contributed by atoms with van der Waals surface area (Å²) in [4.78, 5) is 21.9. The van der Waals surface area contributed by atoms with Crippen LogP contribution in [0.3, 0.4) is 0 Å². The predicted octanol–water partition coefficient (Wildman–Crippen LogP) is 4.19. The van der Waals surface area contributed by atoms with E-state index in [4.69, 9.17) is 15.7 Å². The molecule has 5 heterocycles. The fourth-order valence-electron chi connectivity index (χ4n) is 4.70. The van der Waals surface area contributed by atoms with Crippen molar-refractivity contribution in [1.82, 2.24) is 28.5 Å². The van der Waals surface area contributed by atoms with Crippen LogP contribution in [0, 0.1) is 12.8 Å². The second-order valence-corrected chi connectivity index (χ2v) is 9.51. The van der Waals surface area contributed by atoms with Crippen LogP contribution in [-0.4, -0.2) is 34.5 Å². The fraction of sp³-hybridized carbons (Fsp3) is 0.250. The summed E-state index contributed by atoms with van der Waals surface area (Å²) in [5.41, 5.74) is 11.9. The van der Waals surface area contributed by atoms with E-state index in [0.29, 0.717) is 39.8 Å². The number of pyridine rings is 2. The van der Waals surface area contributed by atoms with Crippen molar-refractivity contribution in [3.05, 3.63) is 76.2 Å². The van der Waals surface area contributed by atoms with Crippen LogP contribution >= 0.6 is 15.9 Å². The van der Waals surface area contributed by atoms with Crippen LogP contribution in [0.5, 0.6) is 0 Å². The van der Waals surface area contributed by atoms with Crippen molar-refractivity contribution < 1.29 is 4.79 Å². The third-order valence-corrected chi connectivity index (χ3v) is 7.04. The number of carbonyl (C=O) groups is 1. The van der Waals surface area contributed by atoms with E-state index in [1.807, 2.05) is 35.0 Å². The predicted molar refractivity (Wildman–Crippen MR) is 128 cm³/mol. The smallest absolute Gasteiger partial charge is 0.252 e. The average Bonchev–Trinajstić information content (AvgIpc) is 3.10. The highest BCUT2D eigenvalue weighted by Gasteiger charge is 2.34. The summed E-state index contributed by atoms with van der Waals surface area (Å²) in [7, 11) is 0. The number of rotatable bonds is 5. The molecule has 0 aliphatic heterocycles. The molecule has 0 radical (unpaired) electrons. The monoisotopic (exact) mass is 503 g/mol. The van der Waals surface area contributed by atoms with Gasteiger partial charge < -0.3 is 10.1 Å². The number of aryl methyl sites for hydroxylation is 1. The van der Waals surface area contributed by atoms with Crippen LogP contribution in [0.15, 0.2) is 53.7 Å². The molecule has 0 saturated heterocycles. The molecule has 33 heavy (non-hydrogen) atoms. The Morgan fingerprint density at radius 3 is 2.79 bits per heavy atom. The van der Waals surface area contributed by atoms with E-state index in [1.165, 1.54) is 12.0 Å². The fourth-order valence-corrected chi connectivity index (χ4v) is 5.19.